The minimum Gasteiger partial charge on any atom is -0.394 e. The van der Waals surface area contributed by atoms with E-state index in [0.29, 0.717) is 6.42 Å². The number of aliphatic hydroxyl groups excluding tert-OH is 1. The summed E-state index contributed by atoms with van der Waals surface area (Å²) < 4.78 is 0. The Hall–Kier alpha value is -1.66. The number of non-ortho nitro benzene ring substituents is 1. The molecule has 0 aliphatic carbocycles. The van der Waals surface area contributed by atoms with Gasteiger partial charge in [0.05, 0.1) is 28.2 Å². The minimum absolute atomic E-state index is 0.0257. The Morgan fingerprint density at radius 3 is 2.78 bits per heavy atom. The summed E-state index contributed by atoms with van der Waals surface area (Å²) >= 11 is 5.82. The summed E-state index contributed by atoms with van der Waals surface area (Å²) in [6.07, 6.45) is 0.550. The second-order valence-electron chi connectivity index (χ2n) is 3.68. The summed E-state index contributed by atoms with van der Waals surface area (Å²) in [5.41, 5.74) is -0.181. The van der Waals surface area contributed by atoms with Crippen molar-refractivity contribution in [3.63, 3.8) is 0 Å². The quantitative estimate of drug-likeness (QED) is 0.631. The number of nitro benzene ring substituents is 1. The maximum absolute atomic E-state index is 11.8. The summed E-state index contributed by atoms with van der Waals surface area (Å²) in [6, 6.07) is 3.24. The van der Waals surface area contributed by atoms with E-state index in [1.165, 1.54) is 12.1 Å². The topological polar surface area (TPSA) is 92.5 Å². The van der Waals surface area contributed by atoms with Gasteiger partial charge in [-0.25, -0.2) is 0 Å². The van der Waals surface area contributed by atoms with E-state index in [1.54, 1.807) is 6.92 Å². The van der Waals surface area contributed by atoms with Crippen molar-refractivity contribution in [2.24, 2.45) is 0 Å². The van der Waals surface area contributed by atoms with E-state index in [4.69, 9.17) is 16.7 Å². The molecule has 0 unspecified atom stereocenters. The molecule has 0 heterocycles. The second-order valence-corrected chi connectivity index (χ2v) is 4.09. The highest BCUT2D eigenvalue weighted by atomic mass is 35.5. The van der Waals surface area contributed by atoms with Crippen LogP contribution < -0.4 is 5.32 Å². The van der Waals surface area contributed by atoms with Crippen molar-refractivity contribution in [1.29, 1.82) is 0 Å². The fourth-order valence-electron chi connectivity index (χ4n) is 1.34. The van der Waals surface area contributed by atoms with Crippen LogP contribution in [-0.2, 0) is 0 Å². The molecule has 6 nitrogen and oxygen atoms in total. The second kappa shape index (κ2) is 6.32. The number of rotatable bonds is 5. The van der Waals surface area contributed by atoms with Gasteiger partial charge in [-0.2, -0.15) is 0 Å². The Labute approximate surface area is 109 Å². The van der Waals surface area contributed by atoms with Crippen LogP contribution in [0.4, 0.5) is 5.69 Å². The fourth-order valence-corrected chi connectivity index (χ4v) is 1.54. The van der Waals surface area contributed by atoms with Gasteiger partial charge < -0.3 is 10.4 Å². The number of nitro groups is 1. The number of hydrogen-bond donors (Lipinski definition) is 2. The van der Waals surface area contributed by atoms with Crippen molar-refractivity contribution in [2.45, 2.75) is 19.4 Å². The van der Waals surface area contributed by atoms with Crippen LogP contribution in [-0.4, -0.2) is 28.6 Å². The first-order valence-corrected chi connectivity index (χ1v) is 5.73. The lowest BCUT2D eigenvalue weighted by Gasteiger charge is -2.14. The first kappa shape index (κ1) is 14.4. The number of halogens is 1. The number of carbonyl (C=O) groups excluding carboxylic acids is 1. The lowest BCUT2D eigenvalue weighted by atomic mass is 10.1. The molecule has 1 aromatic rings. The lowest BCUT2D eigenvalue weighted by molar-refractivity contribution is -0.384. The maximum Gasteiger partial charge on any atom is 0.270 e. The van der Waals surface area contributed by atoms with Crippen LogP contribution in [0.3, 0.4) is 0 Å². The van der Waals surface area contributed by atoms with E-state index in [0.717, 1.165) is 6.07 Å². The van der Waals surface area contributed by atoms with Crippen LogP contribution in [0.1, 0.15) is 23.7 Å². The first-order chi connectivity index (χ1) is 8.49. The predicted octanol–water partition coefficient (Wildman–Crippen LogP) is 1.75. The third-order valence-electron chi connectivity index (χ3n) is 2.45. The van der Waals surface area contributed by atoms with Gasteiger partial charge in [-0.1, -0.05) is 18.5 Å². The van der Waals surface area contributed by atoms with Gasteiger partial charge >= 0.3 is 0 Å². The zero-order valence-electron chi connectivity index (χ0n) is 9.72. The highest BCUT2D eigenvalue weighted by Crippen LogP contribution is 2.22. The highest BCUT2D eigenvalue weighted by molar-refractivity contribution is 6.33. The standard InChI is InChI=1S/C11H13ClN2O4/c1-2-7(6-15)13-11(16)9-5-8(14(17)18)3-4-10(9)12/h3-5,7,15H,2,6H2,1H3,(H,13,16)/t7-/m1/s1. The Kier molecular flexibility index (Phi) is 5.06. The maximum atomic E-state index is 11.8. The number of hydrogen-bond acceptors (Lipinski definition) is 4. The van der Waals surface area contributed by atoms with Crippen molar-refractivity contribution in [1.82, 2.24) is 5.32 Å². The zero-order chi connectivity index (χ0) is 13.7. The van der Waals surface area contributed by atoms with Crippen LogP contribution in [0.15, 0.2) is 18.2 Å². The molecular formula is C11H13ClN2O4. The van der Waals surface area contributed by atoms with Crippen molar-refractivity contribution >= 4 is 23.2 Å². The van der Waals surface area contributed by atoms with Crippen LogP contribution >= 0.6 is 11.6 Å². The van der Waals surface area contributed by atoms with Crippen molar-refractivity contribution in [3.05, 3.63) is 38.9 Å². The molecule has 0 saturated carbocycles. The first-order valence-electron chi connectivity index (χ1n) is 5.35. The summed E-state index contributed by atoms with van der Waals surface area (Å²) in [5, 5.41) is 22.3. The lowest BCUT2D eigenvalue weighted by Crippen LogP contribution is -2.37. The molecule has 0 bridgehead atoms. The molecule has 7 heteroatoms. The largest absolute Gasteiger partial charge is 0.394 e. The molecule has 1 amide bonds. The Morgan fingerprint density at radius 1 is 1.61 bits per heavy atom. The number of nitrogens with zero attached hydrogens (tertiary/aromatic N) is 1. The average Bonchev–Trinajstić information content (AvgIpc) is 2.35. The molecule has 0 radical (unpaired) electrons. The highest BCUT2D eigenvalue weighted by Gasteiger charge is 2.17. The Morgan fingerprint density at radius 2 is 2.28 bits per heavy atom. The van der Waals surface area contributed by atoms with Crippen molar-refractivity contribution in [2.75, 3.05) is 6.61 Å². The normalized spacial score (nSPS) is 11.9. The number of carbonyl (C=O) groups is 1. The molecule has 0 spiro atoms. The number of benzene rings is 1. The van der Waals surface area contributed by atoms with Crippen LogP contribution in [0.2, 0.25) is 5.02 Å². The molecule has 18 heavy (non-hydrogen) atoms. The van der Waals surface area contributed by atoms with E-state index in [1.807, 2.05) is 0 Å². The summed E-state index contributed by atoms with van der Waals surface area (Å²) in [4.78, 5) is 21.9. The third-order valence-corrected chi connectivity index (χ3v) is 2.78. The van der Waals surface area contributed by atoms with E-state index >= 15 is 0 Å². The van der Waals surface area contributed by atoms with E-state index in [2.05, 4.69) is 5.32 Å². The Bertz CT molecular complexity index is 460. The average molecular weight is 273 g/mol. The van der Waals surface area contributed by atoms with E-state index in [9.17, 15) is 14.9 Å². The summed E-state index contributed by atoms with van der Waals surface area (Å²) in [7, 11) is 0. The number of nitrogens with one attached hydrogen (secondary N) is 1. The zero-order valence-corrected chi connectivity index (χ0v) is 10.5. The van der Waals surface area contributed by atoms with Gasteiger partial charge in [0.25, 0.3) is 11.6 Å². The molecule has 0 aromatic heterocycles. The molecule has 0 aliphatic heterocycles. The van der Waals surface area contributed by atoms with E-state index in [-0.39, 0.29) is 22.9 Å². The van der Waals surface area contributed by atoms with Crippen molar-refractivity contribution < 1.29 is 14.8 Å². The van der Waals surface area contributed by atoms with Gasteiger partial charge in [0.1, 0.15) is 0 Å². The molecule has 1 atom stereocenters. The van der Waals surface area contributed by atoms with Crippen LogP contribution in [0, 0.1) is 10.1 Å². The third kappa shape index (κ3) is 3.41. The Balaban J connectivity index is 2.97. The summed E-state index contributed by atoms with van der Waals surface area (Å²) in [6.45, 7) is 1.60. The predicted molar refractivity (Wildman–Crippen MR) is 66.7 cm³/mol. The summed E-state index contributed by atoms with van der Waals surface area (Å²) in [5.74, 6) is -0.537. The SMILES string of the molecule is CC[C@H](CO)NC(=O)c1cc([N+](=O)[O-])ccc1Cl. The monoisotopic (exact) mass is 272 g/mol. The minimum atomic E-state index is -0.601. The van der Waals surface area contributed by atoms with E-state index < -0.39 is 16.9 Å². The molecule has 98 valence electrons. The van der Waals surface area contributed by atoms with Gasteiger partial charge in [0.15, 0.2) is 0 Å². The van der Waals surface area contributed by atoms with Gasteiger partial charge in [-0.05, 0) is 12.5 Å². The van der Waals surface area contributed by atoms with Gasteiger partial charge in [0.2, 0.25) is 0 Å². The van der Waals surface area contributed by atoms with Crippen LogP contribution in [0.5, 0.6) is 0 Å². The molecule has 2 N–H and O–H groups in total. The number of amides is 1. The fraction of sp³-hybridized carbons (Fsp3) is 0.364. The van der Waals surface area contributed by atoms with Gasteiger partial charge in [0, 0.05) is 12.1 Å². The van der Waals surface area contributed by atoms with Crippen molar-refractivity contribution in [3.8, 4) is 0 Å². The van der Waals surface area contributed by atoms with Gasteiger partial charge in [-0.15, -0.1) is 0 Å². The molecule has 0 aliphatic rings. The smallest absolute Gasteiger partial charge is 0.270 e. The van der Waals surface area contributed by atoms with Crippen LogP contribution in [0.25, 0.3) is 0 Å². The number of aliphatic hydroxyl groups is 1. The molecule has 1 rings (SSSR count). The van der Waals surface area contributed by atoms with Gasteiger partial charge in [-0.3, -0.25) is 14.9 Å². The molecule has 0 saturated heterocycles. The molecule has 0 fully saturated rings. The molecular weight excluding hydrogens is 260 g/mol. The molecule has 1 aromatic carbocycles.